The van der Waals surface area contributed by atoms with E-state index in [1.165, 1.54) is 49.5 Å². The molecule has 0 aromatic carbocycles. The van der Waals surface area contributed by atoms with Gasteiger partial charge in [-0.05, 0) is 0 Å². The maximum atomic E-state index is 2.91. The van der Waals surface area contributed by atoms with E-state index in [1.54, 1.807) is 0 Å². The van der Waals surface area contributed by atoms with Gasteiger partial charge in [0, 0.05) is 0 Å². The van der Waals surface area contributed by atoms with Gasteiger partial charge >= 0.3 is 138 Å². The number of hydrogen-bond acceptors (Lipinski definition) is 2. The molecule has 128 valence electrons. The van der Waals surface area contributed by atoms with Crippen molar-refractivity contribution in [3.63, 3.8) is 0 Å². The summed E-state index contributed by atoms with van der Waals surface area (Å²) in [5.41, 5.74) is 0. The van der Waals surface area contributed by atoms with Gasteiger partial charge in [-0.15, -0.1) is 0 Å². The molecule has 0 heterocycles. The second kappa shape index (κ2) is 11.1. The van der Waals surface area contributed by atoms with Crippen LogP contribution in [0, 0.1) is 11.8 Å². The summed E-state index contributed by atoms with van der Waals surface area (Å²) in [5, 5.41) is 2.99. The first kappa shape index (κ1) is 21.5. The Labute approximate surface area is 138 Å². The van der Waals surface area contributed by atoms with Gasteiger partial charge in [-0.25, -0.2) is 0 Å². The Morgan fingerprint density at radius 1 is 0.619 bits per heavy atom. The monoisotopic (exact) mass is 360 g/mol. The van der Waals surface area contributed by atoms with Gasteiger partial charge in [-0.1, -0.05) is 0 Å². The molecule has 0 rings (SSSR count). The topological polar surface area (TPSA) is 6.48 Å². The van der Waals surface area contributed by atoms with E-state index in [0.717, 1.165) is 11.8 Å². The van der Waals surface area contributed by atoms with Crippen LogP contribution in [0.25, 0.3) is 0 Å². The Morgan fingerprint density at radius 3 is 1.10 bits per heavy atom. The fourth-order valence-electron chi connectivity index (χ4n) is 3.62. The van der Waals surface area contributed by atoms with Gasteiger partial charge in [0.15, 0.2) is 0 Å². The molecule has 0 radical (unpaired) electrons. The van der Waals surface area contributed by atoms with Crippen LogP contribution in [0.3, 0.4) is 0 Å². The molecule has 0 aliphatic heterocycles. The zero-order valence-corrected chi connectivity index (χ0v) is 18.3. The molecule has 0 N–H and O–H groups in total. The van der Waals surface area contributed by atoms with Gasteiger partial charge in [0.05, 0.1) is 0 Å². The molecule has 0 spiro atoms. The standard InChI is InChI=1S/C18H42GeN2/c1-9-20(10-2)19(15-13-17(5)6,16-14-18(7)8)21(11-3)12-4/h17-18H,9-16H2,1-8H3. The molecule has 0 unspecified atom stereocenters. The molecule has 0 aromatic rings. The van der Waals surface area contributed by atoms with Gasteiger partial charge in [0.25, 0.3) is 0 Å². The van der Waals surface area contributed by atoms with E-state index in [9.17, 15) is 0 Å². The zero-order chi connectivity index (χ0) is 16.5. The Morgan fingerprint density at radius 2 is 0.905 bits per heavy atom. The summed E-state index contributed by atoms with van der Waals surface area (Å²) >= 11 is -2.14. The minimum absolute atomic E-state index is 0.833. The number of rotatable bonds is 12. The first-order valence-corrected chi connectivity index (χ1v) is 14.2. The number of nitrogens with zero attached hydrogens (tertiary/aromatic N) is 2. The summed E-state index contributed by atoms with van der Waals surface area (Å²) in [5.74, 6) is 1.67. The summed E-state index contributed by atoms with van der Waals surface area (Å²) < 4.78 is 5.83. The van der Waals surface area contributed by atoms with Gasteiger partial charge in [0.1, 0.15) is 0 Å². The van der Waals surface area contributed by atoms with Gasteiger partial charge in [-0.3, -0.25) is 0 Å². The molecule has 0 fully saturated rings. The van der Waals surface area contributed by atoms with Crippen LogP contribution in [0.4, 0.5) is 0 Å². The molecule has 0 saturated heterocycles. The van der Waals surface area contributed by atoms with Crippen molar-refractivity contribution in [2.45, 2.75) is 78.7 Å². The fourth-order valence-corrected chi connectivity index (χ4v) is 16.9. The molecule has 0 aliphatic rings. The van der Waals surface area contributed by atoms with E-state index >= 15 is 0 Å². The Bertz CT molecular complexity index is 220. The van der Waals surface area contributed by atoms with Gasteiger partial charge in [0.2, 0.25) is 0 Å². The van der Waals surface area contributed by atoms with Crippen molar-refractivity contribution in [1.29, 1.82) is 0 Å². The van der Waals surface area contributed by atoms with E-state index in [0.29, 0.717) is 0 Å². The first-order chi connectivity index (χ1) is 9.87. The second-order valence-electron chi connectivity index (χ2n) is 7.19. The van der Waals surface area contributed by atoms with Crippen LogP contribution < -0.4 is 0 Å². The molecular weight excluding hydrogens is 317 g/mol. The molecule has 0 amide bonds. The maximum absolute atomic E-state index is 2.91. The predicted molar refractivity (Wildman–Crippen MR) is 100 cm³/mol. The van der Waals surface area contributed by atoms with Crippen LogP contribution in [-0.4, -0.2) is 47.6 Å². The van der Waals surface area contributed by atoms with Crippen molar-refractivity contribution in [3.8, 4) is 0 Å². The first-order valence-electron chi connectivity index (χ1n) is 9.37. The molecular formula is C18H42GeN2. The summed E-state index contributed by atoms with van der Waals surface area (Å²) in [7, 11) is 0. The van der Waals surface area contributed by atoms with E-state index in [2.05, 4.69) is 63.1 Å². The van der Waals surface area contributed by atoms with Crippen molar-refractivity contribution in [2.24, 2.45) is 11.8 Å². The van der Waals surface area contributed by atoms with Gasteiger partial charge < -0.3 is 0 Å². The van der Waals surface area contributed by atoms with Crippen LogP contribution in [0.15, 0.2) is 0 Å². The molecule has 0 aromatic heterocycles. The average molecular weight is 359 g/mol. The van der Waals surface area contributed by atoms with Crippen molar-refractivity contribution in [3.05, 3.63) is 0 Å². The predicted octanol–water partition coefficient (Wildman–Crippen LogP) is 5.20. The minimum atomic E-state index is -2.14. The van der Waals surface area contributed by atoms with Gasteiger partial charge in [-0.2, -0.15) is 0 Å². The van der Waals surface area contributed by atoms with Crippen LogP contribution in [0.1, 0.15) is 68.2 Å². The fraction of sp³-hybridized carbons (Fsp3) is 1.00. The van der Waals surface area contributed by atoms with Crippen molar-refractivity contribution < 1.29 is 0 Å². The molecule has 3 heteroatoms. The normalized spacial score (nSPS) is 13.1. The quantitative estimate of drug-likeness (QED) is 0.442. The summed E-state index contributed by atoms with van der Waals surface area (Å²) in [6, 6.07) is 0. The van der Waals surface area contributed by atoms with E-state index in [1.807, 2.05) is 0 Å². The SMILES string of the molecule is CC[N](CC)[Ge]([CH2]CC(C)C)([CH2]CC(C)C)[N](CC)CC. The second-order valence-corrected chi connectivity index (χ2v) is 16.1. The van der Waals surface area contributed by atoms with Crippen LogP contribution in [0.5, 0.6) is 0 Å². The Hall–Kier alpha value is 0.463. The third-order valence-electron chi connectivity index (χ3n) is 4.95. The van der Waals surface area contributed by atoms with E-state index in [-0.39, 0.29) is 0 Å². The van der Waals surface area contributed by atoms with E-state index < -0.39 is 13.7 Å². The van der Waals surface area contributed by atoms with Crippen LogP contribution in [0.2, 0.25) is 10.5 Å². The molecule has 21 heavy (non-hydrogen) atoms. The average Bonchev–Trinajstić information content (AvgIpc) is 2.44. The molecule has 2 nitrogen and oxygen atoms in total. The summed E-state index contributed by atoms with van der Waals surface area (Å²) in [6.45, 7) is 24.0. The van der Waals surface area contributed by atoms with E-state index in [4.69, 9.17) is 0 Å². The van der Waals surface area contributed by atoms with Crippen molar-refractivity contribution >= 4 is 13.7 Å². The molecule has 0 saturated carbocycles. The zero-order valence-electron chi connectivity index (χ0n) is 16.2. The third kappa shape index (κ3) is 6.62. The summed E-state index contributed by atoms with van der Waals surface area (Å²) in [6.07, 6.45) is 2.82. The van der Waals surface area contributed by atoms with Crippen molar-refractivity contribution in [2.75, 3.05) is 26.2 Å². The molecule has 0 bridgehead atoms. The van der Waals surface area contributed by atoms with Crippen LogP contribution in [-0.2, 0) is 0 Å². The Kier molecular flexibility index (Phi) is 11.3. The summed E-state index contributed by atoms with van der Waals surface area (Å²) in [4.78, 5) is 0. The van der Waals surface area contributed by atoms with Crippen molar-refractivity contribution in [1.82, 2.24) is 7.71 Å². The Balaban J connectivity index is 5.43. The molecule has 0 atom stereocenters. The third-order valence-corrected chi connectivity index (χ3v) is 17.1. The number of hydrogen-bond donors (Lipinski definition) is 0. The van der Waals surface area contributed by atoms with Crippen LogP contribution >= 0.6 is 0 Å². The molecule has 0 aliphatic carbocycles.